The van der Waals surface area contributed by atoms with Crippen molar-refractivity contribution in [3.63, 3.8) is 0 Å². The molecule has 0 atom stereocenters. The fourth-order valence-corrected chi connectivity index (χ4v) is 1.61. The second-order valence-corrected chi connectivity index (χ2v) is 4.07. The van der Waals surface area contributed by atoms with Crippen molar-refractivity contribution in [1.29, 1.82) is 0 Å². The van der Waals surface area contributed by atoms with Gasteiger partial charge in [0.25, 0.3) is 11.5 Å². The van der Waals surface area contributed by atoms with Crippen molar-refractivity contribution >= 4 is 18.1 Å². The predicted octanol–water partition coefficient (Wildman–Crippen LogP) is 1.58. The highest BCUT2D eigenvalue weighted by atomic mass is 19.2. The number of carbonyl (C=O) groups is 1. The van der Waals surface area contributed by atoms with Gasteiger partial charge in [0.1, 0.15) is 11.4 Å². The van der Waals surface area contributed by atoms with Crippen molar-refractivity contribution < 1.29 is 13.6 Å². The smallest absolute Gasteiger partial charge is 0.263 e. The molecule has 0 saturated heterocycles. The molecule has 1 heterocycles. The summed E-state index contributed by atoms with van der Waals surface area (Å²) in [6.07, 6.45) is 3.70. The molecule has 108 valence electrons. The van der Waals surface area contributed by atoms with E-state index in [1.165, 1.54) is 31.3 Å². The maximum Gasteiger partial charge on any atom is 0.263 e. The van der Waals surface area contributed by atoms with Crippen LogP contribution >= 0.6 is 0 Å². The third kappa shape index (κ3) is 3.19. The third-order valence-corrected chi connectivity index (χ3v) is 2.69. The molecular formula is C14H11F2N3O2. The van der Waals surface area contributed by atoms with E-state index in [0.29, 0.717) is 0 Å². The molecule has 7 heteroatoms. The minimum Gasteiger partial charge on any atom is -0.355 e. The van der Waals surface area contributed by atoms with E-state index < -0.39 is 23.1 Å². The summed E-state index contributed by atoms with van der Waals surface area (Å²) in [5.74, 6) is -2.39. The Balaban J connectivity index is 2.30. The lowest BCUT2D eigenvalue weighted by Crippen LogP contribution is -2.27. The maximum absolute atomic E-state index is 13.4. The largest absolute Gasteiger partial charge is 0.355 e. The summed E-state index contributed by atoms with van der Waals surface area (Å²) in [5.41, 5.74) is -0.733. The van der Waals surface area contributed by atoms with Crippen molar-refractivity contribution in [2.45, 2.75) is 0 Å². The number of H-pyrrole nitrogens is 1. The van der Waals surface area contributed by atoms with Gasteiger partial charge in [-0.05, 0) is 18.2 Å². The predicted molar refractivity (Wildman–Crippen MR) is 73.5 cm³/mol. The summed E-state index contributed by atoms with van der Waals surface area (Å²) >= 11 is 0. The van der Waals surface area contributed by atoms with Crippen molar-refractivity contribution in [2.75, 3.05) is 7.05 Å². The Bertz CT molecular complexity index is 769. The van der Waals surface area contributed by atoms with Gasteiger partial charge in [0, 0.05) is 18.8 Å². The first-order valence-electron chi connectivity index (χ1n) is 5.96. The molecule has 5 nitrogen and oxygen atoms in total. The number of nitrogens with one attached hydrogen (secondary N) is 2. The Labute approximate surface area is 118 Å². The van der Waals surface area contributed by atoms with Gasteiger partial charge < -0.3 is 10.3 Å². The van der Waals surface area contributed by atoms with Gasteiger partial charge >= 0.3 is 0 Å². The number of rotatable bonds is 3. The van der Waals surface area contributed by atoms with E-state index >= 15 is 0 Å². The average Bonchev–Trinajstić information content (AvgIpc) is 2.48. The van der Waals surface area contributed by atoms with Gasteiger partial charge in [0.15, 0.2) is 11.6 Å². The zero-order chi connectivity index (χ0) is 15.4. The first kappa shape index (κ1) is 14.6. The molecule has 0 bridgehead atoms. The van der Waals surface area contributed by atoms with Gasteiger partial charge in [0.05, 0.1) is 0 Å². The molecule has 1 aromatic carbocycles. The van der Waals surface area contributed by atoms with E-state index in [1.807, 2.05) is 0 Å². The summed E-state index contributed by atoms with van der Waals surface area (Å²) in [6.45, 7) is 0. The van der Waals surface area contributed by atoms with Crippen LogP contribution in [-0.4, -0.2) is 22.9 Å². The summed E-state index contributed by atoms with van der Waals surface area (Å²) in [4.78, 5) is 29.2. The number of hydrogen-bond donors (Lipinski definition) is 2. The lowest BCUT2D eigenvalue weighted by atomic mass is 10.2. The van der Waals surface area contributed by atoms with Crippen LogP contribution in [0.25, 0.3) is 12.2 Å². The number of amides is 1. The topological polar surface area (TPSA) is 74.8 Å². The maximum atomic E-state index is 13.4. The highest BCUT2D eigenvalue weighted by Gasteiger charge is 2.09. The monoisotopic (exact) mass is 291 g/mol. The van der Waals surface area contributed by atoms with Crippen molar-refractivity contribution in [1.82, 2.24) is 15.3 Å². The number of carbonyl (C=O) groups excluding carboxylic acids is 1. The molecule has 0 aliphatic rings. The van der Waals surface area contributed by atoms with Crippen LogP contribution in [0.3, 0.4) is 0 Å². The Hall–Kier alpha value is -2.83. The molecule has 1 amide bonds. The van der Waals surface area contributed by atoms with Crippen LogP contribution in [0.4, 0.5) is 8.78 Å². The molecule has 2 N–H and O–H groups in total. The number of benzene rings is 1. The highest BCUT2D eigenvalue weighted by molar-refractivity contribution is 5.93. The molecule has 0 saturated carbocycles. The number of hydrogen-bond acceptors (Lipinski definition) is 3. The van der Waals surface area contributed by atoms with E-state index in [-0.39, 0.29) is 17.0 Å². The molecular weight excluding hydrogens is 280 g/mol. The minimum absolute atomic E-state index is 0.0213. The van der Waals surface area contributed by atoms with E-state index in [4.69, 9.17) is 0 Å². The van der Waals surface area contributed by atoms with Crippen molar-refractivity contribution in [3.8, 4) is 0 Å². The Kier molecular flexibility index (Phi) is 4.22. The molecule has 0 unspecified atom stereocenters. The van der Waals surface area contributed by atoms with Gasteiger partial charge in [-0.2, -0.15) is 0 Å². The molecule has 21 heavy (non-hydrogen) atoms. The zero-order valence-corrected chi connectivity index (χ0v) is 11.0. The molecule has 0 fully saturated rings. The Morgan fingerprint density at radius 1 is 1.33 bits per heavy atom. The SMILES string of the molecule is CNC(=O)c1cnc(C=Cc2cccc(F)c2F)[nH]c1=O. The first-order valence-corrected chi connectivity index (χ1v) is 5.96. The van der Waals surface area contributed by atoms with Crippen LogP contribution in [0, 0.1) is 11.6 Å². The number of aromatic amines is 1. The van der Waals surface area contributed by atoms with Gasteiger partial charge in [-0.25, -0.2) is 13.8 Å². The van der Waals surface area contributed by atoms with Crippen LogP contribution in [0.1, 0.15) is 21.7 Å². The first-order chi connectivity index (χ1) is 10.0. The van der Waals surface area contributed by atoms with Crippen LogP contribution in [-0.2, 0) is 0 Å². The third-order valence-electron chi connectivity index (χ3n) is 2.69. The summed E-state index contributed by atoms with van der Waals surface area (Å²) in [5, 5.41) is 2.30. The fraction of sp³-hybridized carbons (Fsp3) is 0.0714. The van der Waals surface area contributed by atoms with Crippen LogP contribution in [0.5, 0.6) is 0 Å². The van der Waals surface area contributed by atoms with Gasteiger partial charge in [-0.1, -0.05) is 12.1 Å². The lowest BCUT2D eigenvalue weighted by Gasteiger charge is -2.00. The Morgan fingerprint density at radius 2 is 2.10 bits per heavy atom. The van der Waals surface area contributed by atoms with E-state index in [9.17, 15) is 18.4 Å². The van der Waals surface area contributed by atoms with Crippen LogP contribution in [0.15, 0.2) is 29.2 Å². The quantitative estimate of drug-likeness (QED) is 0.901. The van der Waals surface area contributed by atoms with Gasteiger partial charge in [0.2, 0.25) is 0 Å². The number of nitrogens with zero attached hydrogens (tertiary/aromatic N) is 1. The number of aromatic nitrogens is 2. The molecule has 0 aliphatic heterocycles. The lowest BCUT2D eigenvalue weighted by molar-refractivity contribution is 0.0961. The zero-order valence-electron chi connectivity index (χ0n) is 11.0. The van der Waals surface area contributed by atoms with E-state index in [0.717, 1.165) is 12.3 Å². The second-order valence-electron chi connectivity index (χ2n) is 4.07. The van der Waals surface area contributed by atoms with Crippen LogP contribution in [0.2, 0.25) is 0 Å². The minimum atomic E-state index is -0.988. The fourth-order valence-electron chi connectivity index (χ4n) is 1.61. The summed E-state index contributed by atoms with van der Waals surface area (Å²) in [7, 11) is 1.39. The van der Waals surface area contributed by atoms with E-state index in [1.54, 1.807) is 0 Å². The molecule has 0 spiro atoms. The molecule has 2 rings (SSSR count). The summed E-state index contributed by atoms with van der Waals surface area (Å²) in [6, 6.07) is 3.75. The Morgan fingerprint density at radius 3 is 2.76 bits per heavy atom. The van der Waals surface area contributed by atoms with E-state index in [2.05, 4.69) is 15.3 Å². The van der Waals surface area contributed by atoms with Crippen molar-refractivity contribution in [2.24, 2.45) is 0 Å². The van der Waals surface area contributed by atoms with Gasteiger partial charge in [-0.15, -0.1) is 0 Å². The molecule has 2 aromatic rings. The normalized spacial score (nSPS) is 10.8. The number of halogens is 2. The van der Waals surface area contributed by atoms with Crippen LogP contribution < -0.4 is 10.9 Å². The standard InChI is InChI=1S/C14H11F2N3O2/c1-17-13(20)9-7-18-11(19-14(9)21)6-5-8-3-2-4-10(15)12(8)16/h2-7H,1H3,(H,17,20)(H,18,19,21). The molecule has 0 radical (unpaired) electrons. The molecule has 1 aromatic heterocycles. The highest BCUT2D eigenvalue weighted by Crippen LogP contribution is 2.13. The second kappa shape index (κ2) is 6.08. The summed E-state index contributed by atoms with van der Waals surface area (Å²) < 4.78 is 26.5. The average molecular weight is 291 g/mol. The van der Waals surface area contributed by atoms with Crippen molar-refractivity contribution in [3.05, 3.63) is 63.3 Å². The van der Waals surface area contributed by atoms with Gasteiger partial charge in [-0.3, -0.25) is 9.59 Å². The molecule has 0 aliphatic carbocycles.